The number of benzene rings is 1. The van der Waals surface area contributed by atoms with Crippen molar-refractivity contribution in [3.05, 3.63) is 35.9 Å². The van der Waals surface area contributed by atoms with Gasteiger partial charge in [-0.1, -0.05) is 44.2 Å². The van der Waals surface area contributed by atoms with Gasteiger partial charge >= 0.3 is 5.97 Å². The van der Waals surface area contributed by atoms with Gasteiger partial charge in [-0.2, -0.15) is 0 Å². The predicted molar refractivity (Wildman–Crippen MR) is 74.8 cm³/mol. The van der Waals surface area contributed by atoms with Crippen LogP contribution >= 0.6 is 0 Å². The van der Waals surface area contributed by atoms with Crippen molar-refractivity contribution in [3.63, 3.8) is 0 Å². The maximum atomic E-state index is 12.0. The number of esters is 1. The Morgan fingerprint density at radius 2 is 1.85 bits per heavy atom. The molecule has 1 amide bonds. The van der Waals surface area contributed by atoms with Crippen LogP contribution in [0.3, 0.4) is 0 Å². The third kappa shape index (κ3) is 4.66. The smallest absolute Gasteiger partial charge is 0.328 e. The number of carbonyl (C=O) groups is 2. The molecule has 0 heterocycles. The van der Waals surface area contributed by atoms with Crippen LogP contribution in [0.2, 0.25) is 0 Å². The summed E-state index contributed by atoms with van der Waals surface area (Å²) >= 11 is 0. The monoisotopic (exact) mass is 279 g/mol. The fourth-order valence-corrected chi connectivity index (χ4v) is 1.87. The van der Waals surface area contributed by atoms with Gasteiger partial charge in [0.05, 0.1) is 7.11 Å². The van der Waals surface area contributed by atoms with Crippen molar-refractivity contribution in [2.24, 2.45) is 5.92 Å². The average molecular weight is 279 g/mol. The zero-order chi connectivity index (χ0) is 15.1. The van der Waals surface area contributed by atoms with Gasteiger partial charge in [-0.25, -0.2) is 4.79 Å². The molecule has 1 aromatic rings. The van der Waals surface area contributed by atoms with Crippen LogP contribution in [-0.4, -0.2) is 30.1 Å². The van der Waals surface area contributed by atoms with Crippen LogP contribution in [0.15, 0.2) is 30.3 Å². The lowest BCUT2D eigenvalue weighted by atomic mass is 10.0. The van der Waals surface area contributed by atoms with Crippen LogP contribution in [0.1, 0.15) is 31.9 Å². The SMILES string of the molecule is COC(=O)[C@@H](CC(C)C)NC(=O)[C@@H](O)c1ccccc1. The second-order valence-electron chi connectivity index (χ2n) is 5.03. The Kier molecular flexibility index (Phi) is 6.18. The highest BCUT2D eigenvalue weighted by Gasteiger charge is 2.26. The van der Waals surface area contributed by atoms with Crippen LogP contribution in [0, 0.1) is 5.92 Å². The molecule has 2 atom stereocenters. The number of rotatable bonds is 6. The Bertz CT molecular complexity index is 444. The van der Waals surface area contributed by atoms with Crippen molar-refractivity contribution >= 4 is 11.9 Å². The molecule has 0 fully saturated rings. The van der Waals surface area contributed by atoms with E-state index in [9.17, 15) is 14.7 Å². The largest absolute Gasteiger partial charge is 0.467 e. The number of ether oxygens (including phenoxy) is 1. The maximum absolute atomic E-state index is 12.0. The summed E-state index contributed by atoms with van der Waals surface area (Å²) in [6.45, 7) is 3.88. The summed E-state index contributed by atoms with van der Waals surface area (Å²) in [5.74, 6) is -0.896. The molecule has 0 saturated heterocycles. The summed E-state index contributed by atoms with van der Waals surface area (Å²) in [5, 5.41) is 12.5. The Morgan fingerprint density at radius 3 is 2.35 bits per heavy atom. The summed E-state index contributed by atoms with van der Waals surface area (Å²) in [4.78, 5) is 23.6. The molecule has 0 aromatic heterocycles. The number of hydrogen-bond acceptors (Lipinski definition) is 4. The van der Waals surface area contributed by atoms with Gasteiger partial charge in [-0.05, 0) is 17.9 Å². The Hall–Kier alpha value is -1.88. The first-order chi connectivity index (χ1) is 9.45. The van der Waals surface area contributed by atoms with E-state index in [0.29, 0.717) is 12.0 Å². The molecule has 1 aromatic carbocycles. The molecule has 110 valence electrons. The maximum Gasteiger partial charge on any atom is 0.328 e. The van der Waals surface area contributed by atoms with Gasteiger partial charge in [-0.3, -0.25) is 4.79 Å². The number of nitrogens with one attached hydrogen (secondary N) is 1. The summed E-state index contributed by atoms with van der Waals surface area (Å²) in [6, 6.07) is 7.82. The van der Waals surface area contributed by atoms with E-state index < -0.39 is 24.0 Å². The highest BCUT2D eigenvalue weighted by molar-refractivity contribution is 5.87. The first kappa shape index (κ1) is 16.2. The lowest BCUT2D eigenvalue weighted by molar-refractivity contribution is -0.146. The molecule has 0 bridgehead atoms. The van der Waals surface area contributed by atoms with Crippen LogP contribution in [0.5, 0.6) is 0 Å². The van der Waals surface area contributed by atoms with Gasteiger partial charge in [0.2, 0.25) is 0 Å². The number of hydrogen-bond donors (Lipinski definition) is 2. The Labute approximate surface area is 118 Å². The summed E-state index contributed by atoms with van der Waals surface area (Å²) in [5.41, 5.74) is 0.484. The molecule has 0 spiro atoms. The van der Waals surface area contributed by atoms with Gasteiger partial charge < -0.3 is 15.2 Å². The van der Waals surface area contributed by atoms with Gasteiger partial charge in [0.15, 0.2) is 6.10 Å². The van der Waals surface area contributed by atoms with Crippen molar-refractivity contribution < 1.29 is 19.4 Å². The Balaban J connectivity index is 2.72. The van der Waals surface area contributed by atoms with Gasteiger partial charge in [-0.15, -0.1) is 0 Å². The molecule has 5 nitrogen and oxygen atoms in total. The first-order valence-electron chi connectivity index (χ1n) is 6.57. The standard InChI is InChI=1S/C15H21NO4/c1-10(2)9-12(15(19)20-3)16-14(18)13(17)11-7-5-4-6-8-11/h4-8,10,12-13,17H,9H2,1-3H3,(H,16,18)/t12-,13+/m1/s1. The molecule has 0 radical (unpaired) electrons. The zero-order valence-electron chi connectivity index (χ0n) is 12.0. The molecule has 0 saturated carbocycles. The molecule has 0 aliphatic rings. The van der Waals surface area contributed by atoms with Crippen molar-refractivity contribution in [3.8, 4) is 0 Å². The second kappa shape index (κ2) is 7.65. The van der Waals surface area contributed by atoms with E-state index in [1.165, 1.54) is 7.11 Å². The fraction of sp³-hybridized carbons (Fsp3) is 0.467. The van der Waals surface area contributed by atoms with E-state index in [-0.39, 0.29) is 5.92 Å². The molecule has 0 aliphatic carbocycles. The van der Waals surface area contributed by atoms with Crippen LogP contribution < -0.4 is 5.32 Å². The molecule has 0 unspecified atom stereocenters. The summed E-state index contributed by atoms with van der Waals surface area (Å²) in [6.07, 6.45) is -0.838. The lowest BCUT2D eigenvalue weighted by Gasteiger charge is -2.20. The molecular formula is C15H21NO4. The normalized spacial score (nSPS) is 13.7. The van der Waals surface area contributed by atoms with Crippen molar-refractivity contribution in [2.75, 3.05) is 7.11 Å². The molecule has 1 rings (SSSR count). The number of aliphatic hydroxyl groups is 1. The van der Waals surface area contributed by atoms with Crippen LogP contribution in [0.25, 0.3) is 0 Å². The van der Waals surface area contributed by atoms with Gasteiger partial charge in [0.25, 0.3) is 5.91 Å². The van der Waals surface area contributed by atoms with E-state index >= 15 is 0 Å². The van der Waals surface area contributed by atoms with Gasteiger partial charge in [0.1, 0.15) is 6.04 Å². The molecular weight excluding hydrogens is 258 g/mol. The first-order valence-corrected chi connectivity index (χ1v) is 6.57. The summed E-state index contributed by atoms with van der Waals surface area (Å²) < 4.78 is 4.66. The van der Waals surface area contributed by atoms with E-state index in [1.807, 2.05) is 13.8 Å². The fourth-order valence-electron chi connectivity index (χ4n) is 1.87. The minimum atomic E-state index is -1.30. The van der Waals surface area contributed by atoms with Crippen molar-refractivity contribution in [1.82, 2.24) is 5.32 Å². The van der Waals surface area contributed by atoms with E-state index in [1.54, 1.807) is 30.3 Å². The minimum Gasteiger partial charge on any atom is -0.467 e. The van der Waals surface area contributed by atoms with E-state index in [4.69, 9.17) is 0 Å². The molecule has 20 heavy (non-hydrogen) atoms. The quantitative estimate of drug-likeness (QED) is 0.772. The topological polar surface area (TPSA) is 75.6 Å². The second-order valence-corrected chi connectivity index (χ2v) is 5.03. The third-order valence-electron chi connectivity index (χ3n) is 2.87. The number of amides is 1. The number of carbonyl (C=O) groups excluding carboxylic acids is 2. The minimum absolute atomic E-state index is 0.216. The average Bonchev–Trinajstić information content (AvgIpc) is 2.45. The third-order valence-corrected chi connectivity index (χ3v) is 2.87. The number of methoxy groups -OCH3 is 1. The molecule has 0 aliphatic heterocycles. The highest BCUT2D eigenvalue weighted by Crippen LogP contribution is 2.13. The van der Waals surface area contributed by atoms with Crippen molar-refractivity contribution in [1.29, 1.82) is 0 Å². The highest BCUT2D eigenvalue weighted by atomic mass is 16.5. The van der Waals surface area contributed by atoms with Crippen LogP contribution in [-0.2, 0) is 14.3 Å². The van der Waals surface area contributed by atoms with Crippen molar-refractivity contribution in [2.45, 2.75) is 32.4 Å². The number of aliphatic hydroxyl groups excluding tert-OH is 1. The lowest BCUT2D eigenvalue weighted by Crippen LogP contribution is -2.44. The molecule has 2 N–H and O–H groups in total. The van der Waals surface area contributed by atoms with Gasteiger partial charge in [0, 0.05) is 0 Å². The van der Waals surface area contributed by atoms with Crippen LogP contribution in [0.4, 0.5) is 0 Å². The van der Waals surface area contributed by atoms with E-state index in [0.717, 1.165) is 0 Å². The predicted octanol–water partition coefficient (Wildman–Crippen LogP) is 1.42. The van der Waals surface area contributed by atoms with E-state index in [2.05, 4.69) is 10.1 Å². The zero-order valence-corrected chi connectivity index (χ0v) is 12.0. The molecule has 5 heteroatoms. The Morgan fingerprint density at radius 1 is 1.25 bits per heavy atom. The summed E-state index contributed by atoms with van der Waals surface area (Å²) in [7, 11) is 1.27.